The predicted octanol–water partition coefficient (Wildman–Crippen LogP) is 3.96. The van der Waals surface area contributed by atoms with Crippen molar-refractivity contribution in [3.63, 3.8) is 0 Å². The molecular weight excluding hydrogens is 297 g/mol. The lowest BCUT2D eigenvalue weighted by Crippen LogP contribution is -2.40. The van der Waals surface area contributed by atoms with E-state index in [0.29, 0.717) is 17.4 Å². The summed E-state index contributed by atoms with van der Waals surface area (Å²) in [6.07, 6.45) is 5.63. The van der Waals surface area contributed by atoms with Crippen LogP contribution >= 0.6 is 23.2 Å². The third kappa shape index (κ3) is 3.58. The van der Waals surface area contributed by atoms with Crippen molar-refractivity contribution in [3.8, 4) is 5.75 Å². The first-order chi connectivity index (χ1) is 9.56. The first kappa shape index (κ1) is 15.5. The van der Waals surface area contributed by atoms with Gasteiger partial charge in [0.05, 0.1) is 5.56 Å². The van der Waals surface area contributed by atoms with Gasteiger partial charge in [-0.05, 0) is 31.0 Å². The second kappa shape index (κ2) is 6.68. The van der Waals surface area contributed by atoms with E-state index >= 15 is 0 Å². The molecule has 20 heavy (non-hydrogen) atoms. The van der Waals surface area contributed by atoms with E-state index in [4.69, 9.17) is 23.2 Å². The van der Waals surface area contributed by atoms with Crippen molar-refractivity contribution in [2.24, 2.45) is 5.41 Å². The number of amides is 1. The van der Waals surface area contributed by atoms with E-state index in [1.807, 2.05) is 0 Å². The maximum absolute atomic E-state index is 12.1. The molecule has 0 bridgehead atoms. The van der Waals surface area contributed by atoms with Crippen LogP contribution < -0.4 is 5.32 Å². The number of nitrogens with one attached hydrogen (secondary N) is 1. The van der Waals surface area contributed by atoms with Gasteiger partial charge < -0.3 is 10.4 Å². The zero-order valence-corrected chi connectivity index (χ0v) is 12.8. The minimum atomic E-state index is -0.305. The van der Waals surface area contributed by atoms with E-state index in [-0.39, 0.29) is 22.6 Å². The van der Waals surface area contributed by atoms with Crippen molar-refractivity contribution in [3.05, 3.63) is 28.8 Å². The Bertz CT molecular complexity index is 485. The van der Waals surface area contributed by atoms with Gasteiger partial charge in [0.1, 0.15) is 5.75 Å². The van der Waals surface area contributed by atoms with E-state index in [1.54, 1.807) is 6.07 Å². The Morgan fingerprint density at radius 2 is 2.00 bits per heavy atom. The fourth-order valence-corrected chi connectivity index (χ4v) is 3.25. The number of phenols is 1. The number of phenolic OH excluding ortho intramolecular Hbond substituents is 1. The number of aromatic hydroxyl groups is 1. The van der Waals surface area contributed by atoms with Gasteiger partial charge in [-0.25, -0.2) is 0 Å². The summed E-state index contributed by atoms with van der Waals surface area (Å²) in [5.41, 5.74) is 0.196. The Morgan fingerprint density at radius 1 is 1.30 bits per heavy atom. The largest absolute Gasteiger partial charge is 0.507 e. The molecule has 110 valence electrons. The predicted molar refractivity (Wildman–Crippen MR) is 81.7 cm³/mol. The molecule has 5 heteroatoms. The molecule has 3 nitrogen and oxygen atoms in total. The van der Waals surface area contributed by atoms with Gasteiger partial charge in [0.15, 0.2) is 0 Å². The first-order valence-corrected chi connectivity index (χ1v) is 7.80. The minimum absolute atomic E-state index is 0.0103. The molecule has 0 atom stereocenters. The summed E-state index contributed by atoms with van der Waals surface area (Å²) in [4.78, 5) is 12.1. The number of halogens is 2. The number of hydrogen-bond donors (Lipinski definition) is 2. The van der Waals surface area contributed by atoms with E-state index in [9.17, 15) is 9.90 Å². The van der Waals surface area contributed by atoms with Crippen LogP contribution in [-0.4, -0.2) is 23.4 Å². The lowest BCUT2D eigenvalue weighted by Gasteiger charge is -2.35. The van der Waals surface area contributed by atoms with E-state index in [0.717, 1.165) is 25.7 Å². The fourth-order valence-electron chi connectivity index (χ4n) is 2.71. The first-order valence-electron chi connectivity index (χ1n) is 6.89. The summed E-state index contributed by atoms with van der Waals surface area (Å²) in [5, 5.41) is 13.0. The van der Waals surface area contributed by atoms with Gasteiger partial charge in [-0.3, -0.25) is 4.79 Å². The van der Waals surface area contributed by atoms with Crippen LogP contribution in [0.2, 0.25) is 5.02 Å². The molecule has 1 saturated carbocycles. The number of carbonyl (C=O) groups is 1. The van der Waals surface area contributed by atoms with Gasteiger partial charge in [-0.1, -0.05) is 30.9 Å². The Morgan fingerprint density at radius 3 is 2.65 bits per heavy atom. The quantitative estimate of drug-likeness (QED) is 0.826. The van der Waals surface area contributed by atoms with Crippen LogP contribution in [0.15, 0.2) is 18.2 Å². The molecule has 2 N–H and O–H groups in total. The van der Waals surface area contributed by atoms with Crippen molar-refractivity contribution < 1.29 is 9.90 Å². The molecule has 0 saturated heterocycles. The standard InChI is InChI=1S/C15H19Cl2NO2/c16-9-15(6-2-1-3-7-15)10-18-14(20)12-8-11(17)4-5-13(12)19/h4-5,8,19H,1-3,6-7,9-10H2,(H,18,20). The van der Waals surface area contributed by atoms with Gasteiger partial charge in [0.25, 0.3) is 5.91 Å². The van der Waals surface area contributed by atoms with Crippen LogP contribution in [-0.2, 0) is 0 Å². The molecule has 1 aromatic rings. The SMILES string of the molecule is O=C(NCC1(CCl)CCCCC1)c1cc(Cl)ccc1O. The molecule has 0 heterocycles. The highest BCUT2D eigenvalue weighted by atomic mass is 35.5. The smallest absolute Gasteiger partial charge is 0.255 e. The van der Waals surface area contributed by atoms with Crippen LogP contribution in [0.4, 0.5) is 0 Å². The van der Waals surface area contributed by atoms with Crippen molar-refractivity contribution in [2.45, 2.75) is 32.1 Å². The zero-order valence-electron chi connectivity index (χ0n) is 11.3. The second-order valence-corrected chi connectivity index (χ2v) is 6.24. The summed E-state index contributed by atoms with van der Waals surface area (Å²) in [6.45, 7) is 0.543. The third-order valence-electron chi connectivity index (χ3n) is 4.02. The normalized spacial score (nSPS) is 17.7. The monoisotopic (exact) mass is 315 g/mol. The maximum atomic E-state index is 12.1. The van der Waals surface area contributed by atoms with Crippen LogP contribution in [0, 0.1) is 5.41 Å². The average molecular weight is 316 g/mol. The number of alkyl halides is 1. The van der Waals surface area contributed by atoms with Crippen molar-refractivity contribution in [1.29, 1.82) is 0 Å². The molecule has 1 fully saturated rings. The Labute approximate surface area is 129 Å². The van der Waals surface area contributed by atoms with Gasteiger partial charge >= 0.3 is 0 Å². The van der Waals surface area contributed by atoms with Crippen molar-refractivity contribution in [2.75, 3.05) is 12.4 Å². The molecule has 0 spiro atoms. The van der Waals surface area contributed by atoms with E-state index in [2.05, 4.69) is 5.32 Å². The molecule has 1 aliphatic rings. The summed E-state index contributed by atoms with van der Waals surface area (Å²) in [6, 6.07) is 4.45. The molecule has 1 amide bonds. The fraction of sp³-hybridized carbons (Fsp3) is 0.533. The van der Waals surface area contributed by atoms with E-state index in [1.165, 1.54) is 18.6 Å². The molecule has 0 radical (unpaired) electrons. The van der Waals surface area contributed by atoms with Crippen LogP contribution in [0.1, 0.15) is 42.5 Å². The van der Waals surface area contributed by atoms with Crippen LogP contribution in [0.5, 0.6) is 5.75 Å². The molecule has 0 aromatic heterocycles. The lowest BCUT2D eigenvalue weighted by atomic mass is 9.75. The topological polar surface area (TPSA) is 49.3 Å². The van der Waals surface area contributed by atoms with Gasteiger partial charge in [0, 0.05) is 22.9 Å². The minimum Gasteiger partial charge on any atom is -0.507 e. The summed E-state index contributed by atoms with van der Waals surface area (Å²) >= 11 is 12.0. The van der Waals surface area contributed by atoms with Gasteiger partial charge in [-0.2, -0.15) is 0 Å². The number of carbonyl (C=O) groups excluding carboxylic acids is 1. The molecule has 1 aliphatic carbocycles. The lowest BCUT2D eigenvalue weighted by molar-refractivity contribution is 0.0918. The van der Waals surface area contributed by atoms with Crippen molar-refractivity contribution >= 4 is 29.1 Å². The van der Waals surface area contributed by atoms with Gasteiger partial charge in [0.2, 0.25) is 0 Å². The molecule has 0 unspecified atom stereocenters. The summed E-state index contributed by atoms with van der Waals surface area (Å²) in [5.74, 6) is 0.185. The Hall–Kier alpha value is -0.930. The molecule has 0 aliphatic heterocycles. The second-order valence-electron chi connectivity index (χ2n) is 5.54. The zero-order chi connectivity index (χ0) is 14.6. The van der Waals surface area contributed by atoms with Crippen LogP contribution in [0.3, 0.4) is 0 Å². The molecule has 1 aromatic carbocycles. The average Bonchev–Trinajstić information content (AvgIpc) is 2.48. The Balaban J connectivity index is 2.02. The molecule has 2 rings (SSSR count). The highest BCUT2D eigenvalue weighted by molar-refractivity contribution is 6.31. The number of hydrogen-bond acceptors (Lipinski definition) is 2. The Kier molecular flexibility index (Phi) is 5.17. The highest BCUT2D eigenvalue weighted by Crippen LogP contribution is 2.36. The molecular formula is C15H19Cl2NO2. The third-order valence-corrected chi connectivity index (χ3v) is 4.83. The number of rotatable bonds is 4. The maximum Gasteiger partial charge on any atom is 0.255 e. The van der Waals surface area contributed by atoms with Crippen molar-refractivity contribution in [1.82, 2.24) is 5.32 Å². The number of benzene rings is 1. The summed E-state index contributed by atoms with van der Waals surface area (Å²) < 4.78 is 0. The highest BCUT2D eigenvalue weighted by Gasteiger charge is 2.31. The van der Waals surface area contributed by atoms with E-state index < -0.39 is 0 Å². The van der Waals surface area contributed by atoms with Gasteiger partial charge in [-0.15, -0.1) is 11.6 Å². The van der Waals surface area contributed by atoms with Crippen LogP contribution in [0.25, 0.3) is 0 Å². The summed E-state index contributed by atoms with van der Waals surface area (Å²) in [7, 11) is 0.